The second kappa shape index (κ2) is 11.6. The number of benzene rings is 2. The normalized spacial score (nSPS) is 11.9. The Morgan fingerprint density at radius 3 is 2.35 bits per heavy atom. The Morgan fingerprint density at radius 2 is 1.74 bits per heavy atom. The number of carbonyl (C=O) groups excluding carboxylic acids is 3. The Labute approximate surface area is 182 Å². The first-order chi connectivity index (χ1) is 14.8. The molecule has 0 radical (unpaired) electrons. The Kier molecular flexibility index (Phi) is 8.89. The first kappa shape index (κ1) is 23.7. The molecule has 2 rings (SSSR count). The SMILES string of the molecule is CCCC(=O)NC(=Nc1ccc(S(=O)c2ccccc2)cc1NC(C)=O)NC(=O)OC. The van der Waals surface area contributed by atoms with Gasteiger partial charge in [0, 0.05) is 23.1 Å². The van der Waals surface area contributed by atoms with Crippen molar-refractivity contribution in [3.05, 3.63) is 48.5 Å². The van der Waals surface area contributed by atoms with Gasteiger partial charge >= 0.3 is 6.09 Å². The Morgan fingerprint density at radius 1 is 1.03 bits per heavy atom. The summed E-state index contributed by atoms with van der Waals surface area (Å²) in [4.78, 5) is 40.6. The van der Waals surface area contributed by atoms with Crippen molar-refractivity contribution in [3.8, 4) is 0 Å². The van der Waals surface area contributed by atoms with Gasteiger partial charge in [-0.3, -0.25) is 20.2 Å². The van der Waals surface area contributed by atoms with Crippen LogP contribution < -0.4 is 16.0 Å². The van der Waals surface area contributed by atoms with E-state index in [9.17, 15) is 18.6 Å². The topological polar surface area (TPSA) is 126 Å². The number of anilines is 1. The summed E-state index contributed by atoms with van der Waals surface area (Å²) in [6.45, 7) is 3.16. The van der Waals surface area contributed by atoms with Gasteiger partial charge in [0.1, 0.15) is 0 Å². The van der Waals surface area contributed by atoms with Gasteiger partial charge < -0.3 is 10.1 Å². The molecule has 1 atom stereocenters. The molecule has 10 heteroatoms. The van der Waals surface area contributed by atoms with Gasteiger partial charge in [0.25, 0.3) is 0 Å². The van der Waals surface area contributed by atoms with Crippen molar-refractivity contribution < 1.29 is 23.3 Å². The zero-order valence-electron chi connectivity index (χ0n) is 17.4. The maximum atomic E-state index is 12.9. The monoisotopic (exact) mass is 444 g/mol. The zero-order valence-corrected chi connectivity index (χ0v) is 18.2. The molecule has 0 saturated heterocycles. The third-order valence-corrected chi connectivity index (χ3v) is 5.21. The molecule has 2 aromatic rings. The number of aliphatic imine (C=N–C) groups is 1. The van der Waals surface area contributed by atoms with Crippen LogP contribution in [0.3, 0.4) is 0 Å². The molecule has 164 valence electrons. The van der Waals surface area contributed by atoms with Crippen molar-refractivity contribution in [2.45, 2.75) is 36.5 Å². The predicted molar refractivity (Wildman–Crippen MR) is 118 cm³/mol. The third kappa shape index (κ3) is 7.34. The van der Waals surface area contributed by atoms with Gasteiger partial charge in [0.05, 0.1) is 29.3 Å². The molecule has 0 aromatic heterocycles. The van der Waals surface area contributed by atoms with Gasteiger partial charge in [0.2, 0.25) is 17.8 Å². The lowest BCUT2D eigenvalue weighted by atomic mass is 10.2. The lowest BCUT2D eigenvalue weighted by Crippen LogP contribution is -2.43. The molecular formula is C21H24N4O5S. The summed E-state index contributed by atoms with van der Waals surface area (Å²) < 4.78 is 17.4. The van der Waals surface area contributed by atoms with E-state index in [4.69, 9.17) is 0 Å². The molecule has 3 amide bonds. The smallest absolute Gasteiger partial charge is 0.413 e. The van der Waals surface area contributed by atoms with Crippen LogP contribution in [0.25, 0.3) is 0 Å². The van der Waals surface area contributed by atoms with Crippen LogP contribution in [0.4, 0.5) is 16.2 Å². The molecule has 0 saturated carbocycles. The Hall–Kier alpha value is -3.53. The van der Waals surface area contributed by atoms with Crippen molar-refractivity contribution in [2.75, 3.05) is 12.4 Å². The van der Waals surface area contributed by atoms with E-state index in [1.807, 2.05) is 13.0 Å². The zero-order chi connectivity index (χ0) is 22.8. The lowest BCUT2D eigenvalue weighted by molar-refractivity contribution is -0.119. The second-order valence-corrected chi connectivity index (χ2v) is 7.80. The number of amides is 3. The van der Waals surface area contributed by atoms with Crippen molar-refractivity contribution in [1.29, 1.82) is 0 Å². The van der Waals surface area contributed by atoms with Gasteiger partial charge in [-0.05, 0) is 36.8 Å². The maximum absolute atomic E-state index is 12.9. The highest BCUT2D eigenvalue weighted by atomic mass is 32.2. The molecule has 0 aliphatic heterocycles. The summed E-state index contributed by atoms with van der Waals surface area (Å²) >= 11 is 0. The molecule has 1 unspecified atom stereocenters. The molecule has 0 heterocycles. The highest BCUT2D eigenvalue weighted by molar-refractivity contribution is 7.85. The van der Waals surface area contributed by atoms with Crippen LogP contribution in [0.1, 0.15) is 26.7 Å². The standard InChI is InChI=1S/C21H24N4O5S/c1-4-8-19(27)24-20(25-21(28)30-3)23-17-12-11-16(13-18(17)22-14(2)26)31(29)15-9-6-5-7-10-15/h5-7,9-13H,4,8H2,1-3H3,(H,22,26)(H2,23,24,25,27,28). The minimum absolute atomic E-state index is 0.158. The average molecular weight is 445 g/mol. The summed E-state index contributed by atoms with van der Waals surface area (Å²) in [6.07, 6.45) is 0.0163. The van der Waals surface area contributed by atoms with Crippen molar-refractivity contribution in [1.82, 2.24) is 10.6 Å². The van der Waals surface area contributed by atoms with Crippen LogP contribution in [0, 0.1) is 0 Å². The molecule has 0 bridgehead atoms. The van der Waals surface area contributed by atoms with Gasteiger partial charge in [-0.25, -0.2) is 14.0 Å². The molecule has 0 fully saturated rings. The summed E-state index contributed by atoms with van der Waals surface area (Å²) in [6, 6.07) is 13.5. The highest BCUT2D eigenvalue weighted by Gasteiger charge is 2.14. The molecule has 3 N–H and O–H groups in total. The summed E-state index contributed by atoms with van der Waals surface area (Å²) in [7, 11) is -0.297. The number of ether oxygens (including phenoxy) is 1. The van der Waals surface area contributed by atoms with Gasteiger partial charge in [-0.2, -0.15) is 0 Å². The quantitative estimate of drug-likeness (QED) is 0.466. The van der Waals surface area contributed by atoms with E-state index >= 15 is 0 Å². The van der Waals surface area contributed by atoms with E-state index in [-0.39, 0.29) is 35.6 Å². The lowest BCUT2D eigenvalue weighted by Gasteiger charge is -2.13. The summed E-state index contributed by atoms with van der Waals surface area (Å²) in [5.41, 5.74) is 0.510. The van der Waals surface area contributed by atoms with E-state index in [1.165, 1.54) is 26.2 Å². The van der Waals surface area contributed by atoms with E-state index < -0.39 is 16.9 Å². The maximum Gasteiger partial charge on any atom is 0.413 e. The van der Waals surface area contributed by atoms with E-state index in [0.29, 0.717) is 16.2 Å². The van der Waals surface area contributed by atoms with Crippen LogP contribution >= 0.6 is 0 Å². The van der Waals surface area contributed by atoms with E-state index in [0.717, 1.165) is 0 Å². The first-order valence-electron chi connectivity index (χ1n) is 9.46. The number of alkyl carbamates (subject to hydrolysis) is 1. The molecule has 9 nitrogen and oxygen atoms in total. The largest absolute Gasteiger partial charge is 0.453 e. The molecule has 2 aromatic carbocycles. The molecule has 0 spiro atoms. The predicted octanol–water partition coefficient (Wildman–Crippen LogP) is 3.07. The fourth-order valence-electron chi connectivity index (χ4n) is 2.47. The fraction of sp³-hybridized carbons (Fsp3) is 0.238. The van der Waals surface area contributed by atoms with Crippen LogP contribution in [-0.2, 0) is 25.1 Å². The van der Waals surface area contributed by atoms with Crippen LogP contribution in [-0.4, -0.2) is 35.2 Å². The number of hydrogen-bond acceptors (Lipinski definition) is 6. The number of carbonyl (C=O) groups is 3. The van der Waals surface area contributed by atoms with Gasteiger partial charge in [-0.1, -0.05) is 25.1 Å². The van der Waals surface area contributed by atoms with Crippen molar-refractivity contribution in [3.63, 3.8) is 0 Å². The molecule has 0 aliphatic carbocycles. The fourth-order valence-corrected chi connectivity index (χ4v) is 3.57. The molecule has 0 aliphatic rings. The number of nitrogens with zero attached hydrogens (tertiary/aromatic N) is 1. The van der Waals surface area contributed by atoms with Crippen LogP contribution in [0.2, 0.25) is 0 Å². The number of guanidine groups is 1. The molecule has 31 heavy (non-hydrogen) atoms. The highest BCUT2D eigenvalue weighted by Crippen LogP contribution is 2.29. The van der Waals surface area contributed by atoms with Crippen LogP contribution in [0.15, 0.2) is 63.3 Å². The summed E-state index contributed by atoms with van der Waals surface area (Å²) in [5.74, 6) is -0.869. The summed E-state index contributed by atoms with van der Waals surface area (Å²) in [5, 5.41) is 7.47. The van der Waals surface area contributed by atoms with E-state index in [1.54, 1.807) is 30.3 Å². The number of rotatable bonds is 6. The number of hydrogen-bond donors (Lipinski definition) is 3. The van der Waals surface area contributed by atoms with E-state index in [2.05, 4.69) is 25.7 Å². The minimum atomic E-state index is -1.47. The number of nitrogens with one attached hydrogen (secondary N) is 3. The number of methoxy groups -OCH3 is 1. The first-order valence-corrected chi connectivity index (χ1v) is 10.6. The van der Waals surface area contributed by atoms with Crippen LogP contribution in [0.5, 0.6) is 0 Å². The Bertz CT molecular complexity index is 1010. The molecular weight excluding hydrogens is 420 g/mol. The average Bonchev–Trinajstić information content (AvgIpc) is 2.74. The van der Waals surface area contributed by atoms with Gasteiger partial charge in [-0.15, -0.1) is 0 Å². The van der Waals surface area contributed by atoms with Crippen molar-refractivity contribution >= 4 is 46.0 Å². The third-order valence-electron chi connectivity index (χ3n) is 3.82. The van der Waals surface area contributed by atoms with Gasteiger partial charge in [0.15, 0.2) is 0 Å². The minimum Gasteiger partial charge on any atom is -0.453 e. The Balaban J connectivity index is 2.45. The van der Waals surface area contributed by atoms with Crippen molar-refractivity contribution in [2.24, 2.45) is 4.99 Å². The second-order valence-electron chi connectivity index (χ2n) is 6.32.